The molecule has 0 amide bonds. The molecule has 0 fully saturated rings. The molecule has 0 unspecified atom stereocenters. The van der Waals surface area contributed by atoms with Gasteiger partial charge in [-0.2, -0.15) is 0 Å². The fourth-order valence-corrected chi connectivity index (χ4v) is 3.86. The fourth-order valence-electron chi connectivity index (χ4n) is 2.41. The summed E-state index contributed by atoms with van der Waals surface area (Å²) in [7, 11) is -1.36. The Bertz CT molecular complexity index is 924. The monoisotopic (exact) mass is 368 g/mol. The van der Waals surface area contributed by atoms with Crippen molar-refractivity contribution in [3.63, 3.8) is 0 Å². The second kappa shape index (κ2) is 7.42. The minimum absolute atomic E-state index is 0.861. The Labute approximate surface area is 154 Å². The van der Waals surface area contributed by atoms with Crippen LogP contribution < -0.4 is 5.32 Å². The summed E-state index contributed by atoms with van der Waals surface area (Å²) in [6.07, 6.45) is 7.85. The first-order valence-electron chi connectivity index (χ1n) is 8.67. The van der Waals surface area contributed by atoms with Gasteiger partial charge in [-0.3, -0.25) is 9.38 Å². The van der Waals surface area contributed by atoms with Crippen molar-refractivity contribution < 1.29 is 0 Å². The Morgan fingerprint density at radius 2 is 2.12 bits per heavy atom. The molecule has 0 aliphatic rings. The van der Waals surface area contributed by atoms with Crippen LogP contribution in [0.25, 0.3) is 16.2 Å². The molecule has 4 nitrogen and oxygen atoms in total. The van der Waals surface area contributed by atoms with Gasteiger partial charge in [0.2, 0.25) is 0 Å². The van der Waals surface area contributed by atoms with Gasteiger partial charge in [-0.05, 0) is 18.6 Å². The van der Waals surface area contributed by atoms with Crippen LogP contribution in [0.5, 0.6) is 0 Å². The van der Waals surface area contributed by atoms with E-state index in [1.807, 2.05) is 6.20 Å². The average Bonchev–Trinajstić information content (AvgIpc) is 3.17. The van der Waals surface area contributed by atoms with Crippen LogP contribution in [0.4, 0.5) is 5.82 Å². The Hall–Kier alpha value is -2.10. The Balaban J connectivity index is 1.98. The second-order valence-corrected chi connectivity index (χ2v) is 12.9. The molecule has 0 aromatic carbocycles. The van der Waals surface area contributed by atoms with Gasteiger partial charge in [0.05, 0.1) is 16.0 Å². The van der Waals surface area contributed by atoms with E-state index in [0.717, 1.165) is 46.3 Å². The van der Waals surface area contributed by atoms with E-state index in [1.54, 1.807) is 23.7 Å². The van der Waals surface area contributed by atoms with Crippen LogP contribution in [0.3, 0.4) is 0 Å². The highest BCUT2D eigenvalue weighted by atomic mass is 32.1. The van der Waals surface area contributed by atoms with Crippen molar-refractivity contribution >= 4 is 30.9 Å². The molecule has 1 N–H and O–H groups in total. The molecule has 0 spiro atoms. The summed E-state index contributed by atoms with van der Waals surface area (Å²) in [4.78, 5) is 11.2. The predicted molar refractivity (Wildman–Crippen MR) is 110 cm³/mol. The van der Waals surface area contributed by atoms with Gasteiger partial charge in [0.25, 0.3) is 0 Å². The third kappa shape index (κ3) is 4.30. The average molecular weight is 369 g/mol. The summed E-state index contributed by atoms with van der Waals surface area (Å²) in [5, 5.41) is 3.55. The van der Waals surface area contributed by atoms with Crippen LogP contribution in [0.2, 0.25) is 19.6 Å². The minimum Gasteiger partial charge on any atom is -0.369 e. The number of aromatic nitrogens is 3. The molecule has 0 saturated heterocycles. The SMILES string of the molecule is CCCCNc1c(-c2ccc(C#C[Si](C)(C)C)s2)nc2cnccn12. The quantitative estimate of drug-likeness (QED) is 0.396. The molecule has 6 heteroatoms. The van der Waals surface area contributed by atoms with Crippen molar-refractivity contribution in [3.05, 3.63) is 35.6 Å². The number of hydrogen-bond donors (Lipinski definition) is 1. The summed E-state index contributed by atoms with van der Waals surface area (Å²) in [5.41, 5.74) is 5.28. The minimum atomic E-state index is -1.36. The molecule has 25 heavy (non-hydrogen) atoms. The third-order valence-electron chi connectivity index (χ3n) is 3.65. The number of unbranched alkanes of at least 4 members (excludes halogenated alkanes) is 1. The van der Waals surface area contributed by atoms with E-state index in [-0.39, 0.29) is 0 Å². The van der Waals surface area contributed by atoms with Gasteiger partial charge in [-0.25, -0.2) is 4.98 Å². The topological polar surface area (TPSA) is 42.2 Å². The molecule has 3 heterocycles. The van der Waals surface area contributed by atoms with E-state index >= 15 is 0 Å². The molecule has 3 aromatic rings. The summed E-state index contributed by atoms with van der Waals surface area (Å²) in [6, 6.07) is 4.23. The van der Waals surface area contributed by atoms with Gasteiger partial charge >= 0.3 is 0 Å². The van der Waals surface area contributed by atoms with E-state index < -0.39 is 8.07 Å². The van der Waals surface area contributed by atoms with E-state index in [1.165, 1.54) is 0 Å². The highest BCUT2D eigenvalue weighted by Gasteiger charge is 2.15. The molecule has 0 atom stereocenters. The number of anilines is 1. The van der Waals surface area contributed by atoms with Gasteiger partial charge in [-0.1, -0.05) is 38.9 Å². The Morgan fingerprint density at radius 3 is 2.88 bits per heavy atom. The third-order valence-corrected chi connectivity index (χ3v) is 5.54. The zero-order valence-corrected chi connectivity index (χ0v) is 17.1. The van der Waals surface area contributed by atoms with Gasteiger partial charge in [0, 0.05) is 18.9 Å². The van der Waals surface area contributed by atoms with Crippen molar-refractivity contribution in [3.8, 4) is 22.0 Å². The van der Waals surface area contributed by atoms with Gasteiger partial charge in [-0.15, -0.1) is 16.9 Å². The summed E-state index contributed by atoms with van der Waals surface area (Å²) in [6.45, 7) is 9.93. The summed E-state index contributed by atoms with van der Waals surface area (Å²) >= 11 is 1.71. The smallest absolute Gasteiger partial charge is 0.157 e. The van der Waals surface area contributed by atoms with Crippen LogP contribution in [-0.4, -0.2) is 29.0 Å². The van der Waals surface area contributed by atoms with E-state index in [4.69, 9.17) is 4.98 Å². The number of nitrogens with one attached hydrogen (secondary N) is 1. The highest BCUT2D eigenvalue weighted by Crippen LogP contribution is 2.33. The largest absolute Gasteiger partial charge is 0.369 e. The standard InChI is InChI=1S/C19H24N4SSi/c1-5-6-10-21-19-18(22-17-14-20-11-12-23(17)19)16-8-7-15(24-16)9-13-25(2,3)4/h7-8,11-12,14,21H,5-6,10H2,1-4H3. The van der Waals surface area contributed by atoms with Gasteiger partial charge in [0.1, 0.15) is 19.6 Å². The first kappa shape index (κ1) is 17.7. The maximum absolute atomic E-state index is 4.79. The highest BCUT2D eigenvalue weighted by molar-refractivity contribution is 7.16. The summed E-state index contributed by atoms with van der Waals surface area (Å²) in [5.74, 6) is 4.38. The second-order valence-electron chi connectivity index (χ2n) is 7.06. The number of fused-ring (bicyclic) bond motifs is 1. The molecule has 0 aliphatic carbocycles. The Morgan fingerprint density at radius 1 is 1.28 bits per heavy atom. The number of thiophene rings is 1. The molecule has 0 bridgehead atoms. The number of imidazole rings is 1. The molecular weight excluding hydrogens is 344 g/mol. The number of rotatable bonds is 5. The lowest BCUT2D eigenvalue weighted by Crippen LogP contribution is -2.16. The lowest BCUT2D eigenvalue weighted by molar-refractivity contribution is 0.830. The zero-order valence-electron chi connectivity index (χ0n) is 15.3. The first-order chi connectivity index (χ1) is 12.0. The van der Waals surface area contributed by atoms with Crippen LogP contribution in [-0.2, 0) is 0 Å². The van der Waals surface area contributed by atoms with Crippen molar-refractivity contribution in [1.82, 2.24) is 14.4 Å². The molecular formula is C19H24N4SSi. The molecule has 0 aliphatic heterocycles. The van der Waals surface area contributed by atoms with E-state index in [0.29, 0.717) is 0 Å². The van der Waals surface area contributed by atoms with Crippen molar-refractivity contribution in [2.75, 3.05) is 11.9 Å². The van der Waals surface area contributed by atoms with Gasteiger partial charge in [0.15, 0.2) is 5.65 Å². The summed E-state index contributed by atoms with van der Waals surface area (Å²) < 4.78 is 2.07. The molecule has 0 saturated carbocycles. The lowest BCUT2D eigenvalue weighted by Gasteiger charge is -2.07. The van der Waals surface area contributed by atoms with Crippen molar-refractivity contribution in [2.24, 2.45) is 0 Å². The van der Waals surface area contributed by atoms with Crippen molar-refractivity contribution in [2.45, 2.75) is 39.4 Å². The lowest BCUT2D eigenvalue weighted by atomic mass is 10.3. The van der Waals surface area contributed by atoms with Gasteiger partial charge < -0.3 is 5.32 Å². The molecule has 3 aromatic heterocycles. The fraction of sp³-hybridized carbons (Fsp3) is 0.368. The zero-order chi connectivity index (χ0) is 17.9. The van der Waals surface area contributed by atoms with Crippen LogP contribution in [0.1, 0.15) is 24.6 Å². The Kier molecular flexibility index (Phi) is 5.26. The maximum Gasteiger partial charge on any atom is 0.157 e. The molecule has 0 radical (unpaired) electrons. The molecule has 130 valence electrons. The first-order valence-corrected chi connectivity index (χ1v) is 13.0. The van der Waals surface area contributed by atoms with Crippen LogP contribution in [0.15, 0.2) is 30.7 Å². The van der Waals surface area contributed by atoms with Crippen molar-refractivity contribution in [1.29, 1.82) is 0 Å². The maximum atomic E-state index is 4.79. The predicted octanol–water partition coefficient (Wildman–Crippen LogP) is 4.90. The van der Waals surface area contributed by atoms with Crippen LogP contribution >= 0.6 is 11.3 Å². The van der Waals surface area contributed by atoms with Crippen LogP contribution in [0, 0.1) is 11.5 Å². The normalized spacial score (nSPS) is 11.4. The van der Waals surface area contributed by atoms with E-state index in [2.05, 4.69) is 64.9 Å². The molecule has 3 rings (SSSR count). The van der Waals surface area contributed by atoms with E-state index in [9.17, 15) is 0 Å². The number of nitrogens with zero attached hydrogens (tertiary/aromatic N) is 3. The number of hydrogen-bond acceptors (Lipinski definition) is 4.